The lowest BCUT2D eigenvalue weighted by molar-refractivity contribution is -0.140. The number of aliphatic carboxylic acids is 1. The maximum Gasteiger partial charge on any atom is 0.307 e. The third-order valence-corrected chi connectivity index (χ3v) is 3.68. The summed E-state index contributed by atoms with van der Waals surface area (Å²) in [5, 5.41) is 21.7. The molecule has 3 unspecified atom stereocenters. The topological polar surface area (TPSA) is 89.9 Å². The number of nitrogens with one attached hydrogen (secondary N) is 1. The molecule has 0 saturated heterocycles. The monoisotopic (exact) mass is 272 g/mol. The number of rotatable bonds is 6. The van der Waals surface area contributed by atoms with E-state index in [2.05, 4.69) is 5.32 Å². The van der Waals surface area contributed by atoms with Gasteiger partial charge in [0.15, 0.2) is 0 Å². The SMILES string of the molecule is CN(C)CC(C)(O)CNC(=O)C1C(C(=O)O)C1(C)C. The second kappa shape index (κ2) is 5.09. The highest BCUT2D eigenvalue weighted by Crippen LogP contribution is 2.58. The Kier molecular flexibility index (Phi) is 4.27. The summed E-state index contributed by atoms with van der Waals surface area (Å²) >= 11 is 0. The zero-order valence-corrected chi connectivity index (χ0v) is 12.2. The molecule has 0 aromatic carbocycles. The van der Waals surface area contributed by atoms with Crippen molar-refractivity contribution < 1.29 is 19.8 Å². The van der Waals surface area contributed by atoms with Crippen LogP contribution < -0.4 is 5.32 Å². The molecule has 1 fully saturated rings. The zero-order chi connectivity index (χ0) is 15.0. The van der Waals surface area contributed by atoms with Crippen LogP contribution in [-0.4, -0.2) is 59.8 Å². The Morgan fingerprint density at radius 1 is 1.32 bits per heavy atom. The summed E-state index contributed by atoms with van der Waals surface area (Å²) in [5.74, 6) is -2.38. The Hall–Kier alpha value is -1.14. The molecule has 1 saturated carbocycles. The van der Waals surface area contributed by atoms with E-state index in [9.17, 15) is 14.7 Å². The van der Waals surface area contributed by atoms with Crippen LogP contribution in [0.3, 0.4) is 0 Å². The molecule has 0 heterocycles. The highest BCUT2D eigenvalue weighted by molar-refractivity contribution is 5.91. The molecule has 0 radical (unpaired) electrons. The third-order valence-electron chi connectivity index (χ3n) is 3.68. The van der Waals surface area contributed by atoms with Crippen molar-refractivity contribution in [1.29, 1.82) is 0 Å². The largest absolute Gasteiger partial charge is 0.481 e. The Morgan fingerprint density at radius 3 is 2.21 bits per heavy atom. The number of carbonyl (C=O) groups excluding carboxylic acids is 1. The second-order valence-electron chi connectivity index (χ2n) is 6.57. The van der Waals surface area contributed by atoms with Crippen molar-refractivity contribution >= 4 is 11.9 Å². The standard InChI is InChI=1S/C13H24N2O4/c1-12(2)8(9(12)11(17)18)10(16)14-6-13(3,19)7-15(4)5/h8-9,19H,6-7H2,1-5H3,(H,14,16)(H,17,18). The summed E-state index contributed by atoms with van der Waals surface area (Å²) in [6.07, 6.45) is 0. The van der Waals surface area contributed by atoms with Gasteiger partial charge in [-0.1, -0.05) is 13.8 Å². The van der Waals surface area contributed by atoms with E-state index in [-0.39, 0.29) is 12.5 Å². The van der Waals surface area contributed by atoms with Gasteiger partial charge in [0, 0.05) is 13.1 Å². The molecule has 0 aliphatic heterocycles. The maximum absolute atomic E-state index is 12.0. The summed E-state index contributed by atoms with van der Waals surface area (Å²) < 4.78 is 0. The molecule has 3 N–H and O–H groups in total. The highest BCUT2D eigenvalue weighted by Gasteiger charge is 2.65. The van der Waals surface area contributed by atoms with Crippen molar-refractivity contribution in [2.75, 3.05) is 27.2 Å². The number of carboxylic acids is 1. The molecule has 0 aromatic heterocycles. The fourth-order valence-electron chi connectivity index (χ4n) is 2.71. The van der Waals surface area contributed by atoms with Gasteiger partial charge in [0.2, 0.25) is 5.91 Å². The number of aliphatic hydroxyl groups is 1. The normalized spacial score (nSPS) is 27.7. The number of carboxylic acid groups (broad SMARTS) is 1. The van der Waals surface area contributed by atoms with Crippen LogP contribution in [0.5, 0.6) is 0 Å². The highest BCUT2D eigenvalue weighted by atomic mass is 16.4. The molecule has 19 heavy (non-hydrogen) atoms. The van der Waals surface area contributed by atoms with Crippen molar-refractivity contribution in [3.8, 4) is 0 Å². The van der Waals surface area contributed by atoms with Gasteiger partial charge in [-0.2, -0.15) is 0 Å². The minimum absolute atomic E-state index is 0.114. The lowest BCUT2D eigenvalue weighted by Gasteiger charge is -2.27. The number of likely N-dealkylation sites (N-methyl/N-ethyl adjacent to an activating group) is 1. The molecule has 1 rings (SSSR count). The maximum atomic E-state index is 12.0. The van der Waals surface area contributed by atoms with Gasteiger partial charge in [0.25, 0.3) is 0 Å². The lowest BCUT2D eigenvalue weighted by atomic mass is 10.1. The first-order valence-electron chi connectivity index (χ1n) is 6.36. The van der Waals surface area contributed by atoms with E-state index in [0.717, 1.165) is 0 Å². The zero-order valence-electron chi connectivity index (χ0n) is 12.2. The molecule has 1 aliphatic rings. The predicted molar refractivity (Wildman–Crippen MR) is 70.6 cm³/mol. The summed E-state index contributed by atoms with van der Waals surface area (Å²) in [6.45, 7) is 5.72. The fraction of sp³-hybridized carbons (Fsp3) is 0.846. The van der Waals surface area contributed by atoms with E-state index in [1.165, 1.54) is 0 Å². The molecular weight excluding hydrogens is 248 g/mol. The molecule has 0 bridgehead atoms. The van der Waals surface area contributed by atoms with Gasteiger partial charge in [-0.3, -0.25) is 9.59 Å². The van der Waals surface area contributed by atoms with Crippen LogP contribution in [0.15, 0.2) is 0 Å². The van der Waals surface area contributed by atoms with Crippen LogP contribution in [0.4, 0.5) is 0 Å². The molecule has 110 valence electrons. The average molecular weight is 272 g/mol. The Balaban J connectivity index is 2.52. The summed E-state index contributed by atoms with van der Waals surface area (Å²) in [6, 6.07) is 0. The van der Waals surface area contributed by atoms with E-state index in [0.29, 0.717) is 6.54 Å². The van der Waals surface area contributed by atoms with Gasteiger partial charge >= 0.3 is 5.97 Å². The summed E-state index contributed by atoms with van der Waals surface area (Å²) in [7, 11) is 3.67. The quantitative estimate of drug-likeness (QED) is 0.621. The van der Waals surface area contributed by atoms with Crippen molar-refractivity contribution in [3.05, 3.63) is 0 Å². The Bertz CT molecular complexity index is 377. The van der Waals surface area contributed by atoms with Crippen LogP contribution in [0.1, 0.15) is 20.8 Å². The second-order valence-corrected chi connectivity index (χ2v) is 6.57. The fourth-order valence-corrected chi connectivity index (χ4v) is 2.71. The summed E-state index contributed by atoms with van der Waals surface area (Å²) in [5.41, 5.74) is -1.54. The van der Waals surface area contributed by atoms with Gasteiger partial charge in [0.05, 0.1) is 17.4 Å². The molecule has 1 aliphatic carbocycles. The molecule has 1 amide bonds. The van der Waals surface area contributed by atoms with Crippen molar-refractivity contribution in [1.82, 2.24) is 10.2 Å². The lowest BCUT2D eigenvalue weighted by Crippen LogP contribution is -2.47. The number of hydrogen-bond acceptors (Lipinski definition) is 4. The van der Waals surface area contributed by atoms with Crippen LogP contribution in [-0.2, 0) is 9.59 Å². The first-order valence-corrected chi connectivity index (χ1v) is 6.36. The van der Waals surface area contributed by atoms with Crippen LogP contribution in [0, 0.1) is 17.3 Å². The van der Waals surface area contributed by atoms with E-state index in [1.54, 1.807) is 20.8 Å². The van der Waals surface area contributed by atoms with Gasteiger partial charge in [-0.05, 0) is 26.4 Å². The Morgan fingerprint density at radius 2 is 1.84 bits per heavy atom. The summed E-state index contributed by atoms with van der Waals surface area (Å²) in [4.78, 5) is 24.8. The van der Waals surface area contributed by atoms with Crippen molar-refractivity contribution in [3.63, 3.8) is 0 Å². The molecule has 6 heteroatoms. The van der Waals surface area contributed by atoms with Crippen LogP contribution in [0.2, 0.25) is 0 Å². The minimum atomic E-state index is -1.03. The molecule has 0 aromatic rings. The van der Waals surface area contributed by atoms with E-state index in [1.807, 2.05) is 19.0 Å². The first-order chi connectivity index (χ1) is 8.49. The van der Waals surface area contributed by atoms with E-state index in [4.69, 9.17) is 5.11 Å². The third kappa shape index (κ3) is 3.67. The van der Waals surface area contributed by atoms with Gasteiger partial charge in [-0.15, -0.1) is 0 Å². The van der Waals surface area contributed by atoms with Crippen LogP contribution in [0.25, 0.3) is 0 Å². The van der Waals surface area contributed by atoms with Crippen molar-refractivity contribution in [2.24, 2.45) is 17.3 Å². The smallest absolute Gasteiger partial charge is 0.307 e. The van der Waals surface area contributed by atoms with Gasteiger partial charge in [0.1, 0.15) is 0 Å². The number of hydrogen-bond donors (Lipinski definition) is 3. The molecular formula is C13H24N2O4. The average Bonchev–Trinajstić information content (AvgIpc) is 2.76. The minimum Gasteiger partial charge on any atom is -0.481 e. The van der Waals surface area contributed by atoms with Gasteiger partial charge < -0.3 is 20.4 Å². The van der Waals surface area contributed by atoms with E-state index >= 15 is 0 Å². The molecule has 0 spiro atoms. The number of carbonyl (C=O) groups is 2. The Labute approximate surface area is 113 Å². The van der Waals surface area contributed by atoms with Crippen LogP contribution >= 0.6 is 0 Å². The van der Waals surface area contributed by atoms with Crippen molar-refractivity contribution in [2.45, 2.75) is 26.4 Å². The van der Waals surface area contributed by atoms with E-state index < -0.39 is 28.8 Å². The molecule has 3 atom stereocenters. The first kappa shape index (κ1) is 15.9. The predicted octanol–water partition coefficient (Wildman–Crippen LogP) is -0.228. The number of nitrogens with zero attached hydrogens (tertiary/aromatic N) is 1. The number of amides is 1. The van der Waals surface area contributed by atoms with Gasteiger partial charge in [-0.25, -0.2) is 0 Å². The molecule has 6 nitrogen and oxygen atoms in total.